The highest BCUT2D eigenvalue weighted by Gasteiger charge is 2.30. The van der Waals surface area contributed by atoms with Gasteiger partial charge in [0.15, 0.2) is 0 Å². The molecule has 0 saturated heterocycles. The topological polar surface area (TPSA) is 24.9 Å². The Kier molecular flexibility index (Phi) is 11.3. The molecule has 2 atom stereocenters. The minimum atomic E-state index is 0.125. The van der Waals surface area contributed by atoms with E-state index >= 15 is 0 Å². The van der Waals surface area contributed by atoms with E-state index in [1.54, 1.807) is 0 Å². The molecule has 0 heterocycles. The molecule has 0 spiro atoms. The standard InChI is InChI=1S/C70H56N2O2/c1-5-45(3)73-53-37-33-51(34-38-53)72(52-35-39-54(40-36-52)74-46(4)6-2)62-44-42-60-66-56(62)30-20-32-58(66)68-63(47-21-11-7-12-22-47)67-57-31-19-29-55-61(71(49-25-15-9-16-26-49)50-27-17-10-18-28-50)43-41-59(65(55)57)69(67)64(70(60)68)48-23-13-8-14-24-48/h7-46H,5-6H2,1-4H3. The van der Waals surface area contributed by atoms with Crippen molar-refractivity contribution in [2.24, 2.45) is 0 Å². The number of para-hydroxylation sites is 2. The molecule has 4 nitrogen and oxygen atoms in total. The third-order valence-corrected chi connectivity index (χ3v) is 15.3. The van der Waals surface area contributed by atoms with Crippen LogP contribution in [0.15, 0.2) is 231 Å². The predicted octanol–water partition coefficient (Wildman–Crippen LogP) is 20.1. The third-order valence-electron chi connectivity index (χ3n) is 15.3. The fourth-order valence-corrected chi connectivity index (χ4v) is 11.6. The number of hydrogen-bond acceptors (Lipinski definition) is 4. The number of benzene rings is 11. The second-order valence-electron chi connectivity index (χ2n) is 19.7. The average Bonchev–Trinajstić information content (AvgIpc) is 3.99. The number of hydrogen-bond donors (Lipinski definition) is 0. The highest BCUT2D eigenvalue weighted by atomic mass is 16.5. The quantitative estimate of drug-likeness (QED) is 0.108. The van der Waals surface area contributed by atoms with Gasteiger partial charge in [-0.2, -0.15) is 0 Å². The van der Waals surface area contributed by atoms with Gasteiger partial charge in [-0.1, -0.05) is 159 Å². The Bertz CT molecular complexity index is 3910. The zero-order chi connectivity index (χ0) is 49.9. The maximum Gasteiger partial charge on any atom is 0.119 e. The van der Waals surface area contributed by atoms with Crippen LogP contribution in [0.4, 0.5) is 34.1 Å². The molecule has 0 fully saturated rings. The van der Waals surface area contributed by atoms with Gasteiger partial charge in [0, 0.05) is 33.5 Å². The summed E-state index contributed by atoms with van der Waals surface area (Å²) in [6.45, 7) is 8.56. The molecular formula is C70H56N2O2. The fourth-order valence-electron chi connectivity index (χ4n) is 11.6. The molecule has 0 aromatic heterocycles. The van der Waals surface area contributed by atoms with E-state index in [1.807, 2.05) is 0 Å². The molecule has 0 aliphatic heterocycles. The van der Waals surface area contributed by atoms with Gasteiger partial charge in [-0.05, 0) is 188 Å². The molecule has 13 aromatic carbocycles. The summed E-state index contributed by atoms with van der Waals surface area (Å²) in [6, 6.07) is 84.3. The number of ether oxygens (including phenoxy) is 2. The maximum absolute atomic E-state index is 6.30. The summed E-state index contributed by atoms with van der Waals surface area (Å²) < 4.78 is 12.6. The first-order chi connectivity index (χ1) is 36.5. The number of fused-ring (bicyclic) bond motifs is 6. The van der Waals surface area contributed by atoms with E-state index in [-0.39, 0.29) is 12.2 Å². The molecule has 4 heteroatoms. The fraction of sp³-hybridized carbons (Fsp3) is 0.114. The van der Waals surface area contributed by atoms with Crippen molar-refractivity contribution in [3.63, 3.8) is 0 Å². The van der Waals surface area contributed by atoms with Gasteiger partial charge in [0.25, 0.3) is 0 Å². The molecule has 0 saturated carbocycles. The van der Waals surface area contributed by atoms with Crippen LogP contribution in [0, 0.1) is 0 Å². The molecule has 358 valence electrons. The average molecular weight is 957 g/mol. The SMILES string of the molecule is CCC(C)Oc1ccc(N(c2ccc(OC(C)CC)cc2)c2ccc3c4c(-c5ccccc5)c5c6ccc(N(c7ccccc7)c7ccccc7)c7cccc(c5c(-c5ccccc5)c4c4cccc2c43)c76)cc1. The third kappa shape index (κ3) is 7.43. The Morgan fingerprint density at radius 2 is 0.608 bits per heavy atom. The van der Waals surface area contributed by atoms with E-state index in [0.29, 0.717) is 0 Å². The monoisotopic (exact) mass is 956 g/mol. The van der Waals surface area contributed by atoms with Crippen LogP contribution in [-0.2, 0) is 0 Å². The first-order valence-electron chi connectivity index (χ1n) is 26.2. The van der Waals surface area contributed by atoms with Gasteiger partial charge in [0.1, 0.15) is 11.5 Å². The summed E-state index contributed by atoms with van der Waals surface area (Å²) in [6.07, 6.45) is 2.13. The van der Waals surface area contributed by atoms with Crippen LogP contribution in [0.2, 0.25) is 0 Å². The van der Waals surface area contributed by atoms with Crippen LogP contribution in [0.5, 0.6) is 11.5 Å². The van der Waals surface area contributed by atoms with Crippen LogP contribution in [0.3, 0.4) is 0 Å². The molecule has 0 radical (unpaired) electrons. The van der Waals surface area contributed by atoms with E-state index in [4.69, 9.17) is 9.47 Å². The molecule has 13 rings (SSSR count). The first-order valence-corrected chi connectivity index (χ1v) is 26.2. The molecule has 0 amide bonds. The minimum absolute atomic E-state index is 0.125. The van der Waals surface area contributed by atoms with Gasteiger partial charge in [-0.3, -0.25) is 0 Å². The van der Waals surface area contributed by atoms with Crippen LogP contribution >= 0.6 is 0 Å². The van der Waals surface area contributed by atoms with Gasteiger partial charge < -0.3 is 19.3 Å². The largest absolute Gasteiger partial charge is 0.491 e. The zero-order valence-corrected chi connectivity index (χ0v) is 42.2. The van der Waals surface area contributed by atoms with Crippen molar-refractivity contribution in [2.75, 3.05) is 9.80 Å². The second kappa shape index (κ2) is 18.6. The lowest BCUT2D eigenvalue weighted by molar-refractivity contribution is 0.217. The van der Waals surface area contributed by atoms with E-state index in [2.05, 4.69) is 268 Å². The molecule has 0 bridgehead atoms. The van der Waals surface area contributed by atoms with E-state index in [1.165, 1.54) is 86.9 Å². The molecule has 74 heavy (non-hydrogen) atoms. The van der Waals surface area contributed by atoms with Crippen LogP contribution < -0.4 is 19.3 Å². The van der Waals surface area contributed by atoms with E-state index in [9.17, 15) is 0 Å². The molecule has 0 aliphatic rings. The van der Waals surface area contributed by atoms with Crippen molar-refractivity contribution in [1.29, 1.82) is 0 Å². The van der Waals surface area contributed by atoms with Gasteiger partial charge in [-0.25, -0.2) is 0 Å². The van der Waals surface area contributed by atoms with Gasteiger partial charge in [-0.15, -0.1) is 0 Å². The van der Waals surface area contributed by atoms with Crippen molar-refractivity contribution < 1.29 is 9.47 Å². The van der Waals surface area contributed by atoms with Crippen LogP contribution in [0.25, 0.3) is 86.9 Å². The van der Waals surface area contributed by atoms with Crippen molar-refractivity contribution in [3.05, 3.63) is 231 Å². The van der Waals surface area contributed by atoms with E-state index in [0.717, 1.165) is 58.5 Å². The molecule has 0 aliphatic carbocycles. The van der Waals surface area contributed by atoms with E-state index < -0.39 is 0 Å². The van der Waals surface area contributed by atoms with Crippen molar-refractivity contribution in [1.82, 2.24) is 0 Å². The van der Waals surface area contributed by atoms with Gasteiger partial charge in [0.2, 0.25) is 0 Å². The first kappa shape index (κ1) is 45.0. The van der Waals surface area contributed by atoms with Crippen molar-refractivity contribution in [3.8, 4) is 33.8 Å². The summed E-state index contributed by atoms with van der Waals surface area (Å²) >= 11 is 0. The number of anilines is 6. The summed E-state index contributed by atoms with van der Waals surface area (Å²) in [4.78, 5) is 4.80. The van der Waals surface area contributed by atoms with Crippen LogP contribution in [0.1, 0.15) is 40.5 Å². The number of rotatable bonds is 14. The second-order valence-corrected chi connectivity index (χ2v) is 19.7. The van der Waals surface area contributed by atoms with Gasteiger partial charge >= 0.3 is 0 Å². The lowest BCUT2D eigenvalue weighted by Crippen LogP contribution is -2.12. The Morgan fingerprint density at radius 3 is 0.959 bits per heavy atom. The van der Waals surface area contributed by atoms with Crippen molar-refractivity contribution >= 4 is 98.8 Å². The Morgan fingerprint density at radius 1 is 0.297 bits per heavy atom. The Hall–Kier alpha value is -8.86. The summed E-state index contributed by atoms with van der Waals surface area (Å²) in [5, 5.41) is 15.0. The maximum atomic E-state index is 6.30. The molecule has 2 unspecified atom stereocenters. The minimum Gasteiger partial charge on any atom is -0.491 e. The van der Waals surface area contributed by atoms with Gasteiger partial charge in [0.05, 0.1) is 23.6 Å². The number of nitrogens with zero attached hydrogens (tertiary/aromatic N) is 2. The highest BCUT2D eigenvalue weighted by molar-refractivity contribution is 6.47. The zero-order valence-electron chi connectivity index (χ0n) is 42.2. The Labute approximate surface area is 432 Å². The molecule has 0 N–H and O–H groups in total. The lowest BCUT2D eigenvalue weighted by atomic mass is 9.87. The normalized spacial score (nSPS) is 12.6. The molecular weight excluding hydrogens is 901 g/mol. The predicted molar refractivity (Wildman–Crippen MR) is 315 cm³/mol. The molecule has 13 aromatic rings. The van der Waals surface area contributed by atoms with Crippen LogP contribution in [-0.4, -0.2) is 12.2 Å². The lowest BCUT2D eigenvalue weighted by Gasteiger charge is -2.27. The highest BCUT2D eigenvalue weighted by Crippen LogP contribution is 2.57. The summed E-state index contributed by atoms with van der Waals surface area (Å²) in [7, 11) is 0. The summed E-state index contributed by atoms with van der Waals surface area (Å²) in [5.41, 5.74) is 11.5. The summed E-state index contributed by atoms with van der Waals surface area (Å²) in [5.74, 6) is 1.73. The Balaban J connectivity index is 1.13. The van der Waals surface area contributed by atoms with Crippen molar-refractivity contribution in [2.45, 2.75) is 52.7 Å². The smallest absolute Gasteiger partial charge is 0.119 e.